The molecule has 22 heavy (non-hydrogen) atoms. The average molecular weight is 334 g/mol. The summed E-state index contributed by atoms with van der Waals surface area (Å²) in [6.45, 7) is 0. The standard InChI is InChI=1S/4CH4N2O2.B.Na/c4*2-3-1(4)5;;/h4*3H,2H2,(H,4,5);;/q;;;;+3;+1/p-4. The minimum absolute atomic E-state index is 0. The molecule has 0 atom stereocenters. The van der Waals surface area contributed by atoms with E-state index in [-0.39, 0.29) is 38.0 Å². The van der Waals surface area contributed by atoms with Crippen molar-refractivity contribution in [1.82, 2.24) is 21.7 Å². The van der Waals surface area contributed by atoms with E-state index in [1.54, 1.807) is 0 Å². The molecule has 0 spiro atoms. The molecule has 12 N–H and O–H groups in total. The number of nitrogens with two attached hydrogens (primary N) is 4. The zero-order valence-corrected chi connectivity index (χ0v) is 13.2. The second-order valence-corrected chi connectivity index (χ2v) is 1.73. The van der Waals surface area contributed by atoms with Gasteiger partial charge in [0, 0.05) is 0 Å². The minimum Gasteiger partial charge on any atom is -0.529 e. The van der Waals surface area contributed by atoms with Gasteiger partial charge in [-0.1, -0.05) is 0 Å². The third kappa shape index (κ3) is 145. The van der Waals surface area contributed by atoms with E-state index in [9.17, 15) is 0 Å². The van der Waals surface area contributed by atoms with Gasteiger partial charge in [0.25, 0.3) is 0 Å². The van der Waals surface area contributed by atoms with Gasteiger partial charge in [-0.2, -0.15) is 0 Å². The molecule has 0 aromatic heterocycles. The summed E-state index contributed by atoms with van der Waals surface area (Å²) < 4.78 is 0. The van der Waals surface area contributed by atoms with E-state index in [1.165, 1.54) is 21.7 Å². The Morgan fingerprint density at radius 2 is 0.591 bits per heavy atom. The predicted molar refractivity (Wildman–Crippen MR) is 56.6 cm³/mol. The largest absolute Gasteiger partial charge is 3.00 e. The molecule has 0 aromatic carbocycles. The van der Waals surface area contributed by atoms with E-state index in [4.69, 9.17) is 39.6 Å². The van der Waals surface area contributed by atoms with Crippen molar-refractivity contribution in [3.63, 3.8) is 0 Å². The van der Waals surface area contributed by atoms with Crippen LogP contribution in [0.2, 0.25) is 0 Å². The van der Waals surface area contributed by atoms with Crippen molar-refractivity contribution in [2.24, 2.45) is 23.4 Å². The summed E-state index contributed by atoms with van der Waals surface area (Å²) in [5.41, 5.74) is 5.33. The van der Waals surface area contributed by atoms with Gasteiger partial charge >= 0.3 is 38.0 Å². The van der Waals surface area contributed by atoms with Crippen LogP contribution in [0.3, 0.4) is 0 Å². The Labute approximate surface area is 147 Å². The van der Waals surface area contributed by atoms with Gasteiger partial charge in [-0.25, -0.2) is 23.4 Å². The van der Waals surface area contributed by atoms with E-state index in [1.807, 2.05) is 0 Å². The van der Waals surface area contributed by atoms with Crippen molar-refractivity contribution in [3.8, 4) is 0 Å². The number of hydrazine groups is 4. The van der Waals surface area contributed by atoms with Crippen LogP contribution < -0.4 is 95.1 Å². The van der Waals surface area contributed by atoms with E-state index < -0.39 is 24.4 Å². The molecular formula is C4H12BN8NaO8. The van der Waals surface area contributed by atoms with Crippen LogP contribution in [0.15, 0.2) is 0 Å². The SMILES string of the molecule is NNC(=O)[O-].NNC(=O)[O-].NNC(=O)[O-].NNC(=O)[O-].[B+3].[Na+]. The van der Waals surface area contributed by atoms with Gasteiger partial charge in [0.2, 0.25) is 0 Å². The zero-order valence-electron chi connectivity index (χ0n) is 11.2. The second-order valence-electron chi connectivity index (χ2n) is 1.73. The molecule has 0 aliphatic rings. The van der Waals surface area contributed by atoms with Gasteiger partial charge < -0.3 is 61.3 Å². The molecule has 0 aromatic rings. The normalized spacial score (nSPS) is 6.00. The topological polar surface area (TPSA) is 313 Å². The monoisotopic (exact) mass is 334 g/mol. The molecule has 0 bridgehead atoms. The predicted octanol–water partition coefficient (Wildman–Crippen LogP) is -12.2. The molecule has 0 rings (SSSR count). The Hall–Kier alpha value is -2.02. The van der Waals surface area contributed by atoms with Crippen LogP contribution in [-0.4, -0.2) is 32.8 Å². The molecule has 0 saturated carbocycles. The first-order valence-electron chi connectivity index (χ1n) is 3.79. The van der Waals surface area contributed by atoms with Crippen molar-refractivity contribution < 1.29 is 69.2 Å². The van der Waals surface area contributed by atoms with Crippen LogP contribution in [0, 0.1) is 0 Å². The maximum absolute atomic E-state index is 9.02. The molecule has 0 fully saturated rings. The van der Waals surface area contributed by atoms with Gasteiger partial charge in [0.15, 0.2) is 0 Å². The number of carbonyl (C=O) groups excluding carboxylic acids is 4. The summed E-state index contributed by atoms with van der Waals surface area (Å²) in [6.07, 6.45) is -5.87. The number of nitrogens with one attached hydrogen (secondary N) is 4. The molecule has 0 aliphatic carbocycles. The quantitative estimate of drug-likeness (QED) is 0.0885. The van der Waals surface area contributed by atoms with Crippen LogP contribution in [0.4, 0.5) is 19.2 Å². The van der Waals surface area contributed by atoms with E-state index in [2.05, 4.69) is 23.4 Å². The Balaban J connectivity index is -0.0000000376. The number of carboxylic acid groups (broad SMARTS) is 4. The maximum atomic E-state index is 9.02. The molecular weight excluding hydrogens is 322 g/mol. The fraction of sp³-hybridized carbons (Fsp3) is 0. The molecule has 4 amide bonds. The Bertz CT molecular complexity index is 239. The average Bonchev–Trinajstić information content (AvgIpc) is 2.40. The molecule has 0 heterocycles. The van der Waals surface area contributed by atoms with Crippen molar-refractivity contribution in [2.45, 2.75) is 0 Å². The zero-order chi connectivity index (χ0) is 17.1. The molecule has 0 radical (unpaired) electrons. The van der Waals surface area contributed by atoms with Crippen molar-refractivity contribution in [1.29, 1.82) is 0 Å². The fourth-order valence-electron chi connectivity index (χ4n) is 0. The van der Waals surface area contributed by atoms with Gasteiger partial charge in [0.1, 0.15) is 24.4 Å². The molecule has 0 saturated heterocycles. The fourth-order valence-corrected chi connectivity index (χ4v) is 0. The van der Waals surface area contributed by atoms with Crippen molar-refractivity contribution in [3.05, 3.63) is 0 Å². The number of amides is 4. The first-order chi connectivity index (χ1) is 9.08. The summed E-state index contributed by atoms with van der Waals surface area (Å²) >= 11 is 0. The summed E-state index contributed by atoms with van der Waals surface area (Å²) in [5.74, 6) is 17.0. The molecule has 18 heteroatoms. The first kappa shape index (κ1) is 36.8. The summed E-state index contributed by atoms with van der Waals surface area (Å²) in [4.78, 5) is 36.1. The summed E-state index contributed by atoms with van der Waals surface area (Å²) in [5, 5.41) is 36.1. The third-order valence-electron chi connectivity index (χ3n) is 0.471. The number of hydrogen-bond donors (Lipinski definition) is 8. The maximum Gasteiger partial charge on any atom is 3.00 e. The van der Waals surface area contributed by atoms with Gasteiger partial charge in [-0.3, -0.25) is 0 Å². The molecule has 120 valence electrons. The molecule has 16 nitrogen and oxygen atoms in total. The first-order valence-corrected chi connectivity index (χ1v) is 3.79. The number of carbonyl (C=O) groups is 4. The summed E-state index contributed by atoms with van der Waals surface area (Å²) in [6, 6.07) is 0. The van der Waals surface area contributed by atoms with Crippen LogP contribution in [-0.2, 0) is 0 Å². The van der Waals surface area contributed by atoms with Crippen LogP contribution in [0.25, 0.3) is 0 Å². The van der Waals surface area contributed by atoms with E-state index >= 15 is 0 Å². The van der Waals surface area contributed by atoms with Crippen LogP contribution in [0.5, 0.6) is 0 Å². The number of rotatable bonds is 0. The Morgan fingerprint density at radius 3 is 0.591 bits per heavy atom. The molecule has 0 aliphatic heterocycles. The second kappa shape index (κ2) is 31.4. The Morgan fingerprint density at radius 1 is 0.545 bits per heavy atom. The smallest absolute Gasteiger partial charge is 0.529 e. The van der Waals surface area contributed by atoms with Crippen molar-refractivity contribution in [2.75, 3.05) is 0 Å². The Kier molecular flexibility index (Phi) is 52.6. The van der Waals surface area contributed by atoms with Crippen LogP contribution >= 0.6 is 0 Å². The van der Waals surface area contributed by atoms with E-state index in [0.717, 1.165) is 0 Å². The third-order valence-corrected chi connectivity index (χ3v) is 0.471. The summed E-state index contributed by atoms with van der Waals surface area (Å²) in [7, 11) is 0. The van der Waals surface area contributed by atoms with E-state index in [0.29, 0.717) is 0 Å². The van der Waals surface area contributed by atoms with Gasteiger partial charge in [0.05, 0.1) is 0 Å². The minimum atomic E-state index is -1.47. The van der Waals surface area contributed by atoms with Crippen LogP contribution in [0.1, 0.15) is 0 Å². The van der Waals surface area contributed by atoms with Gasteiger partial charge in [-0.05, 0) is 0 Å². The van der Waals surface area contributed by atoms with Gasteiger partial charge in [-0.15, -0.1) is 0 Å². The molecule has 0 unspecified atom stereocenters. The number of hydrogen-bond acceptors (Lipinski definition) is 12. The van der Waals surface area contributed by atoms with Crippen molar-refractivity contribution >= 4 is 32.8 Å².